The first-order valence-corrected chi connectivity index (χ1v) is 5.16. The maximum Gasteiger partial charge on any atom is 0.00135 e. The zero-order valence-electron chi connectivity index (χ0n) is 9.03. The summed E-state index contributed by atoms with van der Waals surface area (Å²) < 4.78 is 0. The zero-order valence-corrected chi connectivity index (χ0v) is 9.03. The Morgan fingerprint density at radius 2 is 2.00 bits per heavy atom. The van der Waals surface area contributed by atoms with E-state index in [1.807, 2.05) is 6.07 Å². The minimum absolute atomic E-state index is 0.300. The number of nitrogens with two attached hydrogens (primary N) is 1. The summed E-state index contributed by atoms with van der Waals surface area (Å²) in [6.45, 7) is 4.21. The van der Waals surface area contributed by atoms with Crippen LogP contribution in [0.2, 0.25) is 0 Å². The first-order chi connectivity index (χ1) is 6.68. The number of rotatable bonds is 4. The van der Waals surface area contributed by atoms with Crippen molar-refractivity contribution in [3.8, 4) is 0 Å². The van der Waals surface area contributed by atoms with E-state index in [4.69, 9.17) is 5.73 Å². The van der Waals surface area contributed by atoms with Crippen molar-refractivity contribution >= 4 is 6.08 Å². The van der Waals surface area contributed by atoms with Gasteiger partial charge in [-0.3, -0.25) is 0 Å². The lowest BCUT2D eigenvalue weighted by atomic mass is 10.1. The Morgan fingerprint density at radius 3 is 2.57 bits per heavy atom. The smallest absolute Gasteiger partial charge is 0.00135 e. The van der Waals surface area contributed by atoms with E-state index in [1.165, 1.54) is 11.1 Å². The minimum atomic E-state index is 0.300. The first kappa shape index (κ1) is 11.0. The van der Waals surface area contributed by atoms with E-state index in [0.29, 0.717) is 6.04 Å². The van der Waals surface area contributed by atoms with Crippen LogP contribution < -0.4 is 5.73 Å². The molecule has 0 heterocycles. The topological polar surface area (TPSA) is 26.0 Å². The van der Waals surface area contributed by atoms with E-state index in [2.05, 4.69) is 44.2 Å². The minimum Gasteiger partial charge on any atom is -0.328 e. The fourth-order valence-electron chi connectivity index (χ4n) is 1.36. The molecule has 0 radical (unpaired) electrons. The second-order valence-electron chi connectivity index (χ2n) is 3.92. The van der Waals surface area contributed by atoms with Crippen LogP contribution in [-0.4, -0.2) is 6.04 Å². The molecule has 1 nitrogen and oxygen atoms in total. The van der Waals surface area contributed by atoms with Gasteiger partial charge < -0.3 is 5.73 Å². The van der Waals surface area contributed by atoms with E-state index in [0.717, 1.165) is 12.8 Å². The molecule has 1 atom stereocenters. The van der Waals surface area contributed by atoms with Gasteiger partial charge >= 0.3 is 0 Å². The molecule has 0 unspecified atom stereocenters. The van der Waals surface area contributed by atoms with Crippen molar-refractivity contribution in [1.29, 1.82) is 0 Å². The Bertz CT molecular complexity index is 285. The molecule has 1 heteroatoms. The maximum absolute atomic E-state index is 5.71. The molecule has 0 aliphatic heterocycles. The third-order valence-corrected chi connectivity index (χ3v) is 2.21. The van der Waals surface area contributed by atoms with Gasteiger partial charge in [0.15, 0.2) is 0 Å². The molecule has 1 rings (SSSR count). The van der Waals surface area contributed by atoms with Gasteiger partial charge in [-0.25, -0.2) is 0 Å². The van der Waals surface area contributed by atoms with Crippen molar-refractivity contribution in [2.24, 2.45) is 5.73 Å². The van der Waals surface area contributed by atoms with Gasteiger partial charge in [0.25, 0.3) is 0 Å². The van der Waals surface area contributed by atoms with Gasteiger partial charge in [-0.1, -0.05) is 42.0 Å². The Balaban J connectivity index is 2.52. The largest absolute Gasteiger partial charge is 0.328 e. The van der Waals surface area contributed by atoms with Gasteiger partial charge in [-0.15, -0.1) is 0 Å². The van der Waals surface area contributed by atoms with Gasteiger partial charge in [0.1, 0.15) is 0 Å². The second kappa shape index (κ2) is 5.61. The Morgan fingerprint density at radius 1 is 1.36 bits per heavy atom. The quantitative estimate of drug-likeness (QED) is 0.773. The predicted octanol–water partition coefficient (Wildman–Crippen LogP) is 3.22. The molecule has 76 valence electrons. The summed E-state index contributed by atoms with van der Waals surface area (Å²) in [5.74, 6) is 0. The summed E-state index contributed by atoms with van der Waals surface area (Å²) in [6, 6.07) is 10.7. The molecule has 0 saturated heterocycles. The fraction of sp³-hybridized carbons (Fsp3) is 0.385. The van der Waals surface area contributed by atoms with E-state index < -0.39 is 0 Å². The molecule has 1 aromatic rings. The average Bonchev–Trinajstić information content (AvgIpc) is 2.16. The molecule has 0 aromatic heterocycles. The van der Waals surface area contributed by atoms with Crippen LogP contribution in [0.4, 0.5) is 0 Å². The molecule has 0 aliphatic rings. The fourth-order valence-corrected chi connectivity index (χ4v) is 1.36. The molecule has 0 spiro atoms. The Kier molecular flexibility index (Phi) is 4.41. The van der Waals surface area contributed by atoms with Crippen LogP contribution in [0.15, 0.2) is 35.9 Å². The molecular weight excluding hydrogens is 170 g/mol. The standard InChI is InChI=1S/C13H19N/c1-11(8-9-12(2)14)10-13-6-4-3-5-7-13/h3-7,10,12H,8-9,14H2,1-2H3/b11-10+/t12-/m0/s1. The van der Waals surface area contributed by atoms with E-state index >= 15 is 0 Å². The Hall–Kier alpha value is -1.08. The van der Waals surface area contributed by atoms with Crippen LogP contribution in [0.1, 0.15) is 32.3 Å². The highest BCUT2D eigenvalue weighted by atomic mass is 14.6. The summed E-state index contributed by atoms with van der Waals surface area (Å²) in [5.41, 5.74) is 8.38. The lowest BCUT2D eigenvalue weighted by Crippen LogP contribution is -2.14. The lowest BCUT2D eigenvalue weighted by molar-refractivity contribution is 0.664. The summed E-state index contributed by atoms with van der Waals surface area (Å²) in [6.07, 6.45) is 4.38. The van der Waals surface area contributed by atoms with Gasteiger partial charge in [-0.2, -0.15) is 0 Å². The summed E-state index contributed by atoms with van der Waals surface area (Å²) in [7, 11) is 0. The van der Waals surface area contributed by atoms with E-state index in [1.54, 1.807) is 0 Å². The normalized spacial score (nSPS) is 14.1. The SMILES string of the molecule is C/C(=C\c1ccccc1)CC[C@H](C)N. The van der Waals surface area contributed by atoms with E-state index in [-0.39, 0.29) is 0 Å². The third-order valence-electron chi connectivity index (χ3n) is 2.21. The van der Waals surface area contributed by atoms with Crippen molar-refractivity contribution in [2.45, 2.75) is 32.7 Å². The van der Waals surface area contributed by atoms with Crippen molar-refractivity contribution in [3.05, 3.63) is 41.5 Å². The van der Waals surface area contributed by atoms with Gasteiger partial charge in [-0.05, 0) is 32.3 Å². The van der Waals surface area contributed by atoms with Gasteiger partial charge in [0.05, 0.1) is 0 Å². The molecule has 2 N–H and O–H groups in total. The predicted molar refractivity (Wildman–Crippen MR) is 63.0 cm³/mol. The van der Waals surface area contributed by atoms with Crippen LogP contribution in [0.3, 0.4) is 0 Å². The monoisotopic (exact) mass is 189 g/mol. The van der Waals surface area contributed by atoms with Crippen molar-refractivity contribution < 1.29 is 0 Å². The highest BCUT2D eigenvalue weighted by molar-refractivity contribution is 5.51. The van der Waals surface area contributed by atoms with Crippen LogP contribution in [0.5, 0.6) is 0 Å². The van der Waals surface area contributed by atoms with E-state index in [9.17, 15) is 0 Å². The zero-order chi connectivity index (χ0) is 10.4. The van der Waals surface area contributed by atoms with Crippen LogP contribution in [-0.2, 0) is 0 Å². The molecule has 14 heavy (non-hydrogen) atoms. The van der Waals surface area contributed by atoms with Crippen molar-refractivity contribution in [2.75, 3.05) is 0 Å². The molecule has 0 saturated carbocycles. The van der Waals surface area contributed by atoms with Crippen molar-refractivity contribution in [3.63, 3.8) is 0 Å². The number of allylic oxidation sites excluding steroid dienone is 1. The summed E-state index contributed by atoms with van der Waals surface area (Å²) >= 11 is 0. The van der Waals surface area contributed by atoms with Crippen LogP contribution in [0, 0.1) is 0 Å². The van der Waals surface area contributed by atoms with Gasteiger partial charge in [0, 0.05) is 6.04 Å². The number of hydrogen-bond acceptors (Lipinski definition) is 1. The van der Waals surface area contributed by atoms with Crippen LogP contribution in [0.25, 0.3) is 6.08 Å². The summed E-state index contributed by atoms with van der Waals surface area (Å²) in [5, 5.41) is 0. The molecule has 0 aliphatic carbocycles. The number of benzene rings is 1. The Labute approximate surface area is 86.6 Å². The maximum atomic E-state index is 5.71. The van der Waals surface area contributed by atoms with Crippen LogP contribution >= 0.6 is 0 Å². The summed E-state index contributed by atoms with van der Waals surface area (Å²) in [4.78, 5) is 0. The second-order valence-corrected chi connectivity index (χ2v) is 3.92. The molecular formula is C13H19N. The molecule has 0 amide bonds. The van der Waals surface area contributed by atoms with Gasteiger partial charge in [0.2, 0.25) is 0 Å². The molecule has 0 bridgehead atoms. The third kappa shape index (κ3) is 4.24. The highest BCUT2D eigenvalue weighted by Gasteiger charge is 1.95. The first-order valence-electron chi connectivity index (χ1n) is 5.16. The highest BCUT2D eigenvalue weighted by Crippen LogP contribution is 2.11. The molecule has 0 fully saturated rings. The number of hydrogen-bond donors (Lipinski definition) is 1. The average molecular weight is 189 g/mol. The molecule has 1 aromatic carbocycles. The van der Waals surface area contributed by atoms with Crippen molar-refractivity contribution in [1.82, 2.24) is 0 Å². The lowest BCUT2D eigenvalue weighted by Gasteiger charge is -2.04.